The van der Waals surface area contributed by atoms with Crippen molar-refractivity contribution < 1.29 is 9.90 Å². The third-order valence-electron chi connectivity index (χ3n) is 5.38. The van der Waals surface area contributed by atoms with Gasteiger partial charge in [-0.25, -0.2) is 9.89 Å². The molecule has 0 atom stereocenters. The summed E-state index contributed by atoms with van der Waals surface area (Å²) in [7, 11) is 0. The fourth-order valence-corrected chi connectivity index (χ4v) is 3.64. The number of carbonyl (C=O) groups excluding carboxylic acids is 1. The van der Waals surface area contributed by atoms with Crippen molar-refractivity contribution in [2.24, 2.45) is 0 Å². The van der Waals surface area contributed by atoms with Crippen LogP contribution in [-0.2, 0) is 6.42 Å². The summed E-state index contributed by atoms with van der Waals surface area (Å²) in [6, 6.07) is 18.5. The van der Waals surface area contributed by atoms with Crippen molar-refractivity contribution in [2.45, 2.75) is 33.1 Å². The number of rotatable bonds is 7. The molecule has 1 aromatic heterocycles. The van der Waals surface area contributed by atoms with E-state index in [9.17, 15) is 9.90 Å². The van der Waals surface area contributed by atoms with Crippen LogP contribution in [0.4, 0.5) is 16.2 Å². The maximum absolute atomic E-state index is 12.7. The van der Waals surface area contributed by atoms with Gasteiger partial charge in [0.25, 0.3) is 0 Å². The number of aromatic amines is 1. The van der Waals surface area contributed by atoms with Gasteiger partial charge in [0.05, 0.1) is 5.69 Å². The molecule has 3 aromatic carbocycles. The number of phenols is 1. The minimum absolute atomic E-state index is 0.0741. The molecule has 168 valence electrons. The number of amides is 2. The Balaban J connectivity index is 1.70. The van der Waals surface area contributed by atoms with Gasteiger partial charge in [-0.3, -0.25) is 0 Å². The van der Waals surface area contributed by atoms with E-state index in [2.05, 4.69) is 38.2 Å². The Bertz CT molecular complexity index is 1240. The predicted molar refractivity (Wildman–Crippen MR) is 129 cm³/mol. The molecule has 4 N–H and O–H groups in total. The molecule has 0 fully saturated rings. The van der Waals surface area contributed by atoms with Gasteiger partial charge in [0, 0.05) is 11.3 Å². The second kappa shape index (κ2) is 9.95. The van der Waals surface area contributed by atoms with E-state index in [1.165, 1.54) is 0 Å². The number of nitrogens with one attached hydrogen (secondary N) is 3. The molecule has 4 aromatic rings. The van der Waals surface area contributed by atoms with Crippen LogP contribution in [0, 0.1) is 6.92 Å². The zero-order chi connectivity index (χ0) is 23.2. The van der Waals surface area contributed by atoms with Gasteiger partial charge in [0.15, 0.2) is 5.82 Å². The largest absolute Gasteiger partial charge is 0.505 e. The van der Waals surface area contributed by atoms with Crippen LogP contribution < -0.4 is 10.6 Å². The van der Waals surface area contributed by atoms with E-state index in [-0.39, 0.29) is 5.75 Å². The minimum atomic E-state index is -0.430. The topological polar surface area (TPSA) is 116 Å². The van der Waals surface area contributed by atoms with Crippen LogP contribution in [-0.4, -0.2) is 31.8 Å². The summed E-state index contributed by atoms with van der Waals surface area (Å²) in [5.41, 5.74) is 5.44. The van der Waals surface area contributed by atoms with Crippen molar-refractivity contribution in [2.75, 3.05) is 10.6 Å². The molecule has 0 radical (unpaired) electrons. The molecule has 0 unspecified atom stereocenters. The first-order valence-electron chi connectivity index (χ1n) is 10.9. The molecule has 33 heavy (non-hydrogen) atoms. The molecule has 0 aliphatic carbocycles. The van der Waals surface area contributed by atoms with E-state index in [1.54, 1.807) is 6.07 Å². The van der Waals surface area contributed by atoms with Gasteiger partial charge < -0.3 is 15.7 Å². The third kappa shape index (κ3) is 5.17. The highest BCUT2D eigenvalue weighted by Crippen LogP contribution is 2.38. The summed E-state index contributed by atoms with van der Waals surface area (Å²) >= 11 is 0. The Hall–Kier alpha value is -4.20. The highest BCUT2D eigenvalue weighted by molar-refractivity contribution is 6.01. The lowest BCUT2D eigenvalue weighted by molar-refractivity contribution is 0.262. The summed E-state index contributed by atoms with van der Waals surface area (Å²) in [4.78, 5) is 12.7. The molecule has 0 saturated carbocycles. The molecule has 8 heteroatoms. The van der Waals surface area contributed by atoms with Gasteiger partial charge in [-0.05, 0) is 71.1 Å². The zero-order valence-electron chi connectivity index (χ0n) is 18.6. The Kier molecular flexibility index (Phi) is 6.64. The van der Waals surface area contributed by atoms with E-state index >= 15 is 0 Å². The van der Waals surface area contributed by atoms with Crippen LogP contribution in [0.15, 0.2) is 60.7 Å². The van der Waals surface area contributed by atoms with Crippen molar-refractivity contribution in [1.29, 1.82) is 0 Å². The highest BCUT2D eigenvalue weighted by atomic mass is 16.3. The van der Waals surface area contributed by atoms with E-state index in [0.29, 0.717) is 23.6 Å². The van der Waals surface area contributed by atoms with Crippen molar-refractivity contribution in [1.82, 2.24) is 20.6 Å². The van der Waals surface area contributed by atoms with Gasteiger partial charge in [-0.2, -0.15) is 0 Å². The lowest BCUT2D eigenvalue weighted by Crippen LogP contribution is -2.19. The molecule has 8 nitrogen and oxygen atoms in total. The Morgan fingerprint density at radius 3 is 2.48 bits per heavy atom. The number of unbranched alkanes of at least 4 members (excludes halogenated alkanes) is 1. The minimum Gasteiger partial charge on any atom is -0.505 e. The molecule has 0 spiro atoms. The summed E-state index contributed by atoms with van der Waals surface area (Å²) < 4.78 is 0. The number of phenolic OH excluding ortho intramolecular Hbond substituents is 1. The molecule has 2 amide bonds. The summed E-state index contributed by atoms with van der Waals surface area (Å²) in [5, 5.41) is 30.7. The summed E-state index contributed by atoms with van der Waals surface area (Å²) in [5.74, 6) is 0.616. The number of benzene rings is 3. The summed E-state index contributed by atoms with van der Waals surface area (Å²) in [6.07, 6.45) is 2.59. The zero-order valence-corrected chi connectivity index (χ0v) is 18.6. The normalized spacial score (nSPS) is 10.7. The van der Waals surface area contributed by atoms with Crippen LogP contribution in [0.3, 0.4) is 0 Å². The number of anilines is 2. The number of aryl methyl sites for hydroxylation is 2. The lowest BCUT2D eigenvalue weighted by Gasteiger charge is -2.16. The smallest absolute Gasteiger partial charge is 0.323 e. The van der Waals surface area contributed by atoms with Crippen LogP contribution in [0.5, 0.6) is 5.75 Å². The van der Waals surface area contributed by atoms with Crippen LogP contribution in [0.25, 0.3) is 22.5 Å². The van der Waals surface area contributed by atoms with Crippen LogP contribution >= 0.6 is 0 Å². The van der Waals surface area contributed by atoms with Crippen LogP contribution in [0.1, 0.15) is 30.9 Å². The number of urea groups is 1. The van der Waals surface area contributed by atoms with E-state index < -0.39 is 6.03 Å². The first kappa shape index (κ1) is 22.0. The first-order valence-corrected chi connectivity index (χ1v) is 10.9. The molecule has 0 saturated heterocycles. The first-order chi connectivity index (χ1) is 16.0. The third-order valence-corrected chi connectivity index (χ3v) is 5.38. The Morgan fingerprint density at radius 1 is 1.03 bits per heavy atom. The number of aromatic hydroxyl groups is 1. The molecule has 0 aliphatic heterocycles. The van der Waals surface area contributed by atoms with Gasteiger partial charge in [-0.1, -0.05) is 55.3 Å². The number of tetrazole rings is 1. The molecule has 0 aliphatic rings. The van der Waals surface area contributed by atoms with Crippen molar-refractivity contribution in [3.63, 3.8) is 0 Å². The van der Waals surface area contributed by atoms with Crippen molar-refractivity contribution in [3.8, 4) is 28.3 Å². The monoisotopic (exact) mass is 442 g/mol. The summed E-state index contributed by atoms with van der Waals surface area (Å²) in [6.45, 7) is 4.08. The van der Waals surface area contributed by atoms with Crippen molar-refractivity contribution >= 4 is 17.4 Å². The second-order valence-electron chi connectivity index (χ2n) is 7.88. The van der Waals surface area contributed by atoms with E-state index in [0.717, 1.165) is 40.7 Å². The maximum atomic E-state index is 12.7. The average Bonchev–Trinajstić information content (AvgIpc) is 3.36. The number of H-pyrrole nitrogens is 1. The fraction of sp³-hybridized carbons (Fsp3) is 0.200. The number of carbonyl (C=O) groups is 1. The fourth-order valence-electron chi connectivity index (χ4n) is 3.64. The van der Waals surface area contributed by atoms with E-state index in [1.807, 2.05) is 61.5 Å². The Morgan fingerprint density at radius 2 is 1.79 bits per heavy atom. The average molecular weight is 443 g/mol. The number of hydrogen-bond donors (Lipinski definition) is 4. The van der Waals surface area contributed by atoms with E-state index in [4.69, 9.17) is 0 Å². The van der Waals surface area contributed by atoms with Gasteiger partial charge in [-0.15, -0.1) is 5.10 Å². The molecule has 0 bridgehead atoms. The molecular formula is C25H26N6O2. The predicted octanol–water partition coefficient (Wildman–Crippen LogP) is 5.53. The quantitative estimate of drug-likeness (QED) is 0.281. The number of hydrogen-bond acceptors (Lipinski definition) is 5. The number of aromatic nitrogens is 4. The van der Waals surface area contributed by atoms with Crippen molar-refractivity contribution in [3.05, 3.63) is 71.8 Å². The number of nitrogens with zero attached hydrogens (tertiary/aromatic N) is 3. The van der Waals surface area contributed by atoms with Gasteiger partial charge >= 0.3 is 6.03 Å². The Labute approximate surface area is 192 Å². The maximum Gasteiger partial charge on any atom is 0.323 e. The second-order valence-corrected chi connectivity index (χ2v) is 7.88. The SMILES string of the molecule is CCCCc1cc(-c2ccccc2-c2nnn[nH]2)cc(NC(=O)Nc2ccc(C)cc2)c1O. The van der Waals surface area contributed by atoms with Gasteiger partial charge in [0.1, 0.15) is 5.75 Å². The molecule has 4 rings (SSSR count). The standard InChI is InChI=1S/C25H26N6O2/c1-3-4-7-17-14-18(20-8-5-6-9-21(20)24-28-30-31-29-24)15-22(23(17)32)27-25(33)26-19-12-10-16(2)11-13-19/h5-6,8-15,32H,3-4,7H2,1-2H3,(H2,26,27,33)(H,28,29,30,31). The lowest BCUT2D eigenvalue weighted by atomic mass is 9.95. The van der Waals surface area contributed by atoms with Gasteiger partial charge in [0.2, 0.25) is 0 Å². The highest BCUT2D eigenvalue weighted by Gasteiger charge is 2.17. The molecule has 1 heterocycles. The molecular weight excluding hydrogens is 416 g/mol. The van der Waals surface area contributed by atoms with Crippen LogP contribution in [0.2, 0.25) is 0 Å².